The van der Waals surface area contributed by atoms with Gasteiger partial charge in [-0.15, -0.1) is 28.1 Å². The molecule has 4 rings (SSSR count). The molecule has 0 bridgehead atoms. The van der Waals surface area contributed by atoms with Crippen molar-refractivity contribution in [3.63, 3.8) is 0 Å². The number of nitrogens with one attached hydrogen (secondary N) is 1. The van der Waals surface area contributed by atoms with Crippen LogP contribution in [0.15, 0.2) is 17.8 Å². The molecular weight excluding hydrogens is 426 g/mol. The first-order valence-corrected chi connectivity index (χ1v) is 13.0. The van der Waals surface area contributed by atoms with Gasteiger partial charge in [-0.2, -0.15) is 5.26 Å². The number of hydrogen-bond acceptors (Lipinski definition) is 6. The van der Waals surface area contributed by atoms with Crippen molar-refractivity contribution < 1.29 is 4.79 Å². The Bertz CT molecular complexity index is 997. The van der Waals surface area contributed by atoms with Crippen molar-refractivity contribution in [1.29, 1.82) is 5.26 Å². The Kier molecular flexibility index (Phi) is 7.13. The molecule has 2 aliphatic carbocycles. The minimum absolute atomic E-state index is 0.109. The van der Waals surface area contributed by atoms with Gasteiger partial charge in [-0.1, -0.05) is 44.0 Å². The molecule has 2 aromatic rings. The number of fused-ring (bicyclic) bond motifs is 1. The number of thioether (sulfide) groups is 1. The first-order chi connectivity index (χ1) is 15.1. The Morgan fingerprint density at radius 1 is 1.39 bits per heavy atom. The number of nitrogens with zero attached hydrogens (tertiary/aromatic N) is 4. The third-order valence-electron chi connectivity index (χ3n) is 6.42. The Morgan fingerprint density at radius 3 is 2.90 bits per heavy atom. The van der Waals surface area contributed by atoms with Crippen LogP contribution >= 0.6 is 23.1 Å². The van der Waals surface area contributed by atoms with E-state index >= 15 is 0 Å². The van der Waals surface area contributed by atoms with Crippen LogP contribution in [0.3, 0.4) is 0 Å². The Balaban J connectivity index is 1.43. The van der Waals surface area contributed by atoms with E-state index in [1.807, 2.05) is 6.08 Å². The average Bonchev–Trinajstić information content (AvgIpc) is 3.50. The van der Waals surface area contributed by atoms with Gasteiger partial charge in [0.25, 0.3) is 0 Å². The van der Waals surface area contributed by atoms with Crippen molar-refractivity contribution in [2.24, 2.45) is 5.92 Å². The molecule has 0 aromatic carbocycles. The molecule has 8 heteroatoms. The van der Waals surface area contributed by atoms with Crippen LogP contribution < -0.4 is 5.32 Å². The van der Waals surface area contributed by atoms with Crippen molar-refractivity contribution >= 4 is 34.0 Å². The highest BCUT2D eigenvalue weighted by Crippen LogP contribution is 2.40. The summed E-state index contributed by atoms with van der Waals surface area (Å²) >= 11 is 2.98. The minimum Gasteiger partial charge on any atom is -0.316 e. The zero-order valence-electron chi connectivity index (χ0n) is 18.0. The lowest BCUT2D eigenvalue weighted by molar-refractivity contribution is -0.113. The van der Waals surface area contributed by atoms with E-state index in [1.54, 1.807) is 11.3 Å². The molecule has 1 amide bonds. The number of thiophene rings is 1. The van der Waals surface area contributed by atoms with Gasteiger partial charge in [-0.05, 0) is 43.6 Å². The third kappa shape index (κ3) is 4.73. The van der Waals surface area contributed by atoms with Gasteiger partial charge in [0.1, 0.15) is 16.9 Å². The van der Waals surface area contributed by atoms with Crippen molar-refractivity contribution in [1.82, 2.24) is 14.8 Å². The highest BCUT2D eigenvalue weighted by Gasteiger charge is 2.27. The molecule has 1 saturated carbocycles. The van der Waals surface area contributed by atoms with Crippen LogP contribution in [0.2, 0.25) is 0 Å². The fourth-order valence-corrected chi connectivity index (χ4v) is 6.78. The molecule has 0 spiro atoms. The lowest BCUT2D eigenvalue weighted by Gasteiger charge is -2.20. The molecule has 2 aromatic heterocycles. The number of rotatable bonds is 8. The quantitative estimate of drug-likeness (QED) is 0.431. The molecule has 1 fully saturated rings. The van der Waals surface area contributed by atoms with Crippen molar-refractivity contribution in [2.75, 3.05) is 11.1 Å². The van der Waals surface area contributed by atoms with E-state index in [4.69, 9.17) is 0 Å². The van der Waals surface area contributed by atoms with E-state index in [0.29, 0.717) is 28.9 Å². The largest absolute Gasteiger partial charge is 0.316 e. The van der Waals surface area contributed by atoms with E-state index in [-0.39, 0.29) is 11.7 Å². The molecule has 1 unspecified atom stereocenters. The highest BCUT2D eigenvalue weighted by molar-refractivity contribution is 7.99. The number of allylic oxidation sites excluding steroid dienone is 1. The summed E-state index contributed by atoms with van der Waals surface area (Å²) in [5.41, 5.74) is 1.80. The van der Waals surface area contributed by atoms with Crippen LogP contribution in [0.1, 0.15) is 73.2 Å². The van der Waals surface area contributed by atoms with Crippen molar-refractivity contribution in [2.45, 2.75) is 75.9 Å². The molecule has 2 aliphatic rings. The van der Waals surface area contributed by atoms with E-state index < -0.39 is 0 Å². The van der Waals surface area contributed by atoms with Gasteiger partial charge in [0, 0.05) is 17.3 Å². The number of aromatic nitrogens is 3. The summed E-state index contributed by atoms with van der Waals surface area (Å²) in [4.78, 5) is 14.0. The van der Waals surface area contributed by atoms with Gasteiger partial charge in [0.15, 0.2) is 5.16 Å². The van der Waals surface area contributed by atoms with Crippen LogP contribution in [-0.2, 0) is 24.2 Å². The topological polar surface area (TPSA) is 83.6 Å². The SMILES string of the molecule is C=CCn1c(SCC(=O)Nc2sc3c(c2C#N)CCC(CC)C3)nnc1C1CCCC1. The van der Waals surface area contributed by atoms with Gasteiger partial charge in [-0.25, -0.2) is 0 Å². The monoisotopic (exact) mass is 455 g/mol. The summed E-state index contributed by atoms with van der Waals surface area (Å²) < 4.78 is 2.09. The summed E-state index contributed by atoms with van der Waals surface area (Å²) in [5.74, 6) is 2.29. The van der Waals surface area contributed by atoms with Crippen LogP contribution in [-0.4, -0.2) is 26.4 Å². The molecule has 6 nitrogen and oxygen atoms in total. The Labute approximate surface area is 192 Å². The zero-order chi connectivity index (χ0) is 21.8. The maximum Gasteiger partial charge on any atom is 0.235 e. The number of carbonyl (C=O) groups excluding carboxylic acids is 1. The predicted octanol–water partition coefficient (Wildman–Crippen LogP) is 5.30. The molecule has 1 N–H and O–H groups in total. The van der Waals surface area contributed by atoms with Gasteiger partial charge in [-0.3, -0.25) is 4.79 Å². The number of anilines is 1. The van der Waals surface area contributed by atoms with Gasteiger partial charge < -0.3 is 9.88 Å². The summed E-state index contributed by atoms with van der Waals surface area (Å²) in [5, 5.41) is 22.9. The lowest BCUT2D eigenvalue weighted by Crippen LogP contribution is -2.15. The minimum atomic E-state index is -0.109. The highest BCUT2D eigenvalue weighted by atomic mass is 32.2. The summed E-state index contributed by atoms with van der Waals surface area (Å²) in [7, 11) is 0. The smallest absolute Gasteiger partial charge is 0.235 e. The molecule has 164 valence electrons. The third-order valence-corrected chi connectivity index (χ3v) is 8.56. The molecule has 0 aliphatic heterocycles. The van der Waals surface area contributed by atoms with E-state index in [9.17, 15) is 10.1 Å². The van der Waals surface area contributed by atoms with Gasteiger partial charge in [0.2, 0.25) is 5.91 Å². The van der Waals surface area contributed by atoms with Gasteiger partial charge in [0.05, 0.1) is 11.3 Å². The summed E-state index contributed by atoms with van der Waals surface area (Å²) in [6, 6.07) is 2.33. The van der Waals surface area contributed by atoms with Crippen LogP contribution in [0.5, 0.6) is 0 Å². The second-order valence-electron chi connectivity index (χ2n) is 8.40. The number of carbonyl (C=O) groups is 1. The fraction of sp³-hybridized carbons (Fsp3) is 0.565. The van der Waals surface area contributed by atoms with Crippen molar-refractivity contribution in [3.05, 3.63) is 34.5 Å². The zero-order valence-corrected chi connectivity index (χ0v) is 19.7. The first kappa shape index (κ1) is 22.1. The normalized spacial score (nSPS) is 18.5. The molecule has 0 radical (unpaired) electrons. The van der Waals surface area contributed by atoms with Crippen LogP contribution in [0, 0.1) is 17.2 Å². The molecule has 2 heterocycles. The van der Waals surface area contributed by atoms with Crippen LogP contribution in [0.25, 0.3) is 0 Å². The number of hydrogen-bond donors (Lipinski definition) is 1. The van der Waals surface area contributed by atoms with Gasteiger partial charge >= 0.3 is 0 Å². The second kappa shape index (κ2) is 10.0. The summed E-state index contributed by atoms with van der Waals surface area (Å²) in [6.45, 7) is 6.73. The predicted molar refractivity (Wildman–Crippen MR) is 126 cm³/mol. The van der Waals surface area contributed by atoms with E-state index in [1.165, 1.54) is 29.5 Å². The number of nitriles is 1. The van der Waals surface area contributed by atoms with Crippen molar-refractivity contribution in [3.8, 4) is 6.07 Å². The summed E-state index contributed by atoms with van der Waals surface area (Å²) in [6.07, 6.45) is 10.9. The second-order valence-corrected chi connectivity index (χ2v) is 10.4. The maximum absolute atomic E-state index is 12.7. The Hall–Kier alpha value is -2.11. The molecule has 31 heavy (non-hydrogen) atoms. The van der Waals surface area contributed by atoms with E-state index in [2.05, 4.69) is 39.7 Å². The maximum atomic E-state index is 12.7. The molecule has 1 atom stereocenters. The standard InChI is InChI=1S/C23H29N5OS2/c1-3-11-28-21(16-7-5-6-8-16)26-27-23(28)30-14-20(29)25-22-18(13-24)17-10-9-15(4-2)12-19(17)31-22/h3,15-16H,1,4-12,14H2,2H3,(H,25,29). The molecular formula is C23H29N5OS2. The van der Waals surface area contributed by atoms with E-state index in [0.717, 1.165) is 55.1 Å². The molecule has 0 saturated heterocycles. The fourth-order valence-electron chi connectivity index (χ4n) is 4.70. The lowest BCUT2D eigenvalue weighted by atomic mass is 9.86. The first-order valence-electron chi connectivity index (χ1n) is 11.2. The average molecular weight is 456 g/mol. The number of amides is 1. The van der Waals surface area contributed by atoms with Crippen LogP contribution in [0.4, 0.5) is 5.00 Å². The Morgan fingerprint density at radius 2 is 2.19 bits per heavy atom.